The highest BCUT2D eigenvalue weighted by atomic mass is 19.3. The zero-order chi connectivity index (χ0) is 11.0. The highest BCUT2D eigenvalue weighted by molar-refractivity contribution is 5.74. The van der Waals surface area contributed by atoms with Crippen molar-refractivity contribution in [3.05, 3.63) is 0 Å². The summed E-state index contributed by atoms with van der Waals surface area (Å²) in [4.78, 5) is 12.2. The Morgan fingerprint density at radius 1 is 1.21 bits per heavy atom. The molecule has 0 aromatic carbocycles. The second-order valence-electron chi connectivity index (χ2n) is 3.86. The highest BCUT2D eigenvalue weighted by Crippen LogP contribution is 2.58. The summed E-state index contributed by atoms with van der Waals surface area (Å²) in [6.45, 7) is 5.94. The van der Waals surface area contributed by atoms with Crippen molar-refractivity contribution in [3.8, 4) is 0 Å². The van der Waals surface area contributed by atoms with Gasteiger partial charge in [0.15, 0.2) is 0 Å². The van der Waals surface area contributed by atoms with Crippen LogP contribution in [-0.2, 0) is 4.79 Å². The van der Waals surface area contributed by atoms with Crippen molar-refractivity contribution in [2.24, 2.45) is 5.41 Å². The molecule has 14 heavy (non-hydrogen) atoms. The van der Waals surface area contributed by atoms with Crippen LogP contribution in [0.2, 0.25) is 0 Å². The van der Waals surface area contributed by atoms with Gasteiger partial charge < -0.3 is 4.90 Å². The van der Waals surface area contributed by atoms with Crippen LogP contribution >= 0.6 is 0 Å². The van der Waals surface area contributed by atoms with Crippen LogP contribution in [0.1, 0.15) is 33.6 Å². The van der Waals surface area contributed by atoms with Gasteiger partial charge in [0.05, 0.1) is 5.41 Å². The smallest absolute Gasteiger partial charge is 0.257 e. The lowest BCUT2D eigenvalue weighted by molar-refractivity contribution is -0.254. The van der Waals surface area contributed by atoms with E-state index in [9.17, 15) is 13.6 Å². The Kier molecular flexibility index (Phi) is 2.83. The molecule has 1 aliphatic carbocycles. The Morgan fingerprint density at radius 3 is 1.93 bits per heavy atom. The number of nitrogens with zero attached hydrogens (tertiary/aromatic N) is 1. The van der Waals surface area contributed by atoms with E-state index in [-0.39, 0.29) is 25.4 Å². The number of likely N-dealkylation sites (tertiary alicyclic amines) is 1. The molecule has 0 bridgehead atoms. The van der Waals surface area contributed by atoms with E-state index in [1.807, 2.05) is 13.8 Å². The minimum absolute atomic E-state index is 0.00125. The van der Waals surface area contributed by atoms with Gasteiger partial charge in [-0.2, -0.15) is 0 Å². The number of amides is 1. The minimum atomic E-state index is -2.51. The van der Waals surface area contributed by atoms with Crippen LogP contribution in [-0.4, -0.2) is 29.8 Å². The molecule has 0 atom stereocenters. The third kappa shape index (κ3) is 1.41. The Balaban J connectivity index is 0.000000461. The molecule has 1 saturated carbocycles. The molecular weight excluding hydrogens is 188 g/mol. The maximum absolute atomic E-state index is 12.9. The van der Waals surface area contributed by atoms with Gasteiger partial charge in [0, 0.05) is 26.4 Å². The van der Waals surface area contributed by atoms with Crippen LogP contribution in [0.3, 0.4) is 0 Å². The first-order chi connectivity index (χ1) is 6.47. The first kappa shape index (κ1) is 11.4. The van der Waals surface area contributed by atoms with Crippen molar-refractivity contribution in [2.45, 2.75) is 39.5 Å². The number of hydrogen-bond acceptors (Lipinski definition) is 1. The molecule has 1 aliphatic heterocycles. The predicted octanol–water partition coefficient (Wildman–Crippen LogP) is 2.29. The van der Waals surface area contributed by atoms with E-state index in [2.05, 4.69) is 0 Å². The SMILES string of the molecule is CC.CC(=O)N1CC2(CCC2(F)F)C1. The van der Waals surface area contributed by atoms with Crippen molar-refractivity contribution in [1.82, 2.24) is 4.90 Å². The Labute approximate surface area is 83.3 Å². The van der Waals surface area contributed by atoms with Crippen LogP contribution in [0, 0.1) is 5.41 Å². The van der Waals surface area contributed by atoms with Gasteiger partial charge in [-0.15, -0.1) is 0 Å². The second kappa shape index (κ2) is 3.48. The molecule has 2 aliphatic rings. The van der Waals surface area contributed by atoms with Gasteiger partial charge in [0.25, 0.3) is 5.92 Å². The number of carbonyl (C=O) groups excluding carboxylic acids is 1. The first-order valence-corrected chi connectivity index (χ1v) is 5.10. The molecule has 0 N–H and O–H groups in total. The lowest BCUT2D eigenvalue weighted by Crippen LogP contribution is -2.70. The Bertz CT molecular complexity index is 234. The van der Waals surface area contributed by atoms with E-state index in [1.165, 1.54) is 11.8 Å². The summed E-state index contributed by atoms with van der Waals surface area (Å²) in [7, 11) is 0. The van der Waals surface area contributed by atoms with Crippen molar-refractivity contribution in [3.63, 3.8) is 0 Å². The monoisotopic (exact) mass is 205 g/mol. The molecule has 82 valence electrons. The van der Waals surface area contributed by atoms with Gasteiger partial charge in [0.2, 0.25) is 5.91 Å². The molecule has 0 radical (unpaired) electrons. The number of hydrogen-bond donors (Lipinski definition) is 0. The average molecular weight is 205 g/mol. The molecule has 1 heterocycles. The van der Waals surface area contributed by atoms with Crippen molar-refractivity contribution >= 4 is 5.91 Å². The highest BCUT2D eigenvalue weighted by Gasteiger charge is 2.67. The molecule has 1 spiro atoms. The number of alkyl halides is 2. The second-order valence-corrected chi connectivity index (χ2v) is 3.86. The van der Waals surface area contributed by atoms with Gasteiger partial charge in [-0.1, -0.05) is 13.8 Å². The van der Waals surface area contributed by atoms with E-state index in [0.29, 0.717) is 6.42 Å². The summed E-state index contributed by atoms with van der Waals surface area (Å²) in [5, 5.41) is 0. The maximum Gasteiger partial charge on any atom is 0.257 e. The number of carbonyl (C=O) groups is 1. The summed E-state index contributed by atoms with van der Waals surface area (Å²) in [5.41, 5.74) is -0.835. The zero-order valence-corrected chi connectivity index (χ0v) is 8.94. The van der Waals surface area contributed by atoms with Crippen molar-refractivity contribution in [1.29, 1.82) is 0 Å². The minimum Gasteiger partial charge on any atom is -0.341 e. The van der Waals surface area contributed by atoms with Gasteiger partial charge in [-0.25, -0.2) is 8.78 Å². The number of halogens is 2. The molecule has 4 heteroatoms. The van der Waals surface area contributed by atoms with E-state index in [4.69, 9.17) is 0 Å². The topological polar surface area (TPSA) is 20.3 Å². The van der Waals surface area contributed by atoms with E-state index in [1.54, 1.807) is 0 Å². The van der Waals surface area contributed by atoms with Gasteiger partial charge in [-0.3, -0.25) is 4.79 Å². The molecule has 2 fully saturated rings. The molecule has 0 unspecified atom stereocenters. The largest absolute Gasteiger partial charge is 0.341 e. The molecule has 0 aromatic rings. The van der Waals surface area contributed by atoms with Gasteiger partial charge >= 0.3 is 0 Å². The van der Waals surface area contributed by atoms with Crippen LogP contribution in [0.15, 0.2) is 0 Å². The lowest BCUT2D eigenvalue weighted by Gasteiger charge is -2.59. The summed E-state index contributed by atoms with van der Waals surface area (Å²) in [6, 6.07) is 0. The van der Waals surface area contributed by atoms with Crippen LogP contribution in [0.25, 0.3) is 0 Å². The fraction of sp³-hybridized carbons (Fsp3) is 0.900. The van der Waals surface area contributed by atoms with E-state index >= 15 is 0 Å². The predicted molar refractivity (Wildman–Crippen MR) is 50.2 cm³/mol. The van der Waals surface area contributed by atoms with Crippen LogP contribution < -0.4 is 0 Å². The Hall–Kier alpha value is -0.670. The quantitative estimate of drug-likeness (QED) is 0.594. The average Bonchev–Trinajstić information content (AvgIpc) is 2.03. The fourth-order valence-electron chi connectivity index (χ4n) is 1.96. The molecule has 2 nitrogen and oxygen atoms in total. The summed E-state index contributed by atoms with van der Waals surface area (Å²) in [5.74, 6) is -2.61. The van der Waals surface area contributed by atoms with E-state index < -0.39 is 11.3 Å². The molecule has 1 amide bonds. The standard InChI is InChI=1S/C8H11F2NO.C2H6/c1-6(12)11-4-7(5-11)2-3-8(7,9)10;1-2/h2-5H2,1H3;1-2H3. The third-order valence-corrected chi connectivity index (χ3v) is 3.13. The molecule has 1 saturated heterocycles. The summed E-state index contributed by atoms with van der Waals surface area (Å²) < 4.78 is 25.9. The fourth-order valence-corrected chi connectivity index (χ4v) is 1.96. The molecule has 0 aromatic heterocycles. The zero-order valence-electron chi connectivity index (χ0n) is 8.94. The summed E-state index contributed by atoms with van der Waals surface area (Å²) >= 11 is 0. The normalized spacial score (nSPS) is 25.6. The lowest BCUT2D eigenvalue weighted by atomic mass is 9.60. The van der Waals surface area contributed by atoms with Gasteiger partial charge in [0.1, 0.15) is 0 Å². The summed E-state index contributed by atoms with van der Waals surface area (Å²) in [6.07, 6.45) is 0.572. The van der Waals surface area contributed by atoms with Crippen LogP contribution in [0.4, 0.5) is 8.78 Å². The van der Waals surface area contributed by atoms with Crippen molar-refractivity contribution < 1.29 is 13.6 Å². The first-order valence-electron chi connectivity index (χ1n) is 5.10. The maximum atomic E-state index is 12.9. The Morgan fingerprint density at radius 2 is 1.71 bits per heavy atom. The van der Waals surface area contributed by atoms with Crippen molar-refractivity contribution in [2.75, 3.05) is 13.1 Å². The van der Waals surface area contributed by atoms with Crippen LogP contribution in [0.5, 0.6) is 0 Å². The number of rotatable bonds is 0. The van der Waals surface area contributed by atoms with E-state index in [0.717, 1.165) is 0 Å². The molecule has 2 rings (SSSR count). The van der Waals surface area contributed by atoms with Gasteiger partial charge in [-0.05, 0) is 6.42 Å². The molecular formula is C10H17F2NO. The third-order valence-electron chi connectivity index (χ3n) is 3.13.